The number of fused-ring (bicyclic) bond motifs is 1. The van der Waals surface area contributed by atoms with Crippen LogP contribution in [0.25, 0.3) is 6.08 Å². The number of rotatable bonds is 9. The molecule has 12 heteroatoms. The van der Waals surface area contributed by atoms with Gasteiger partial charge in [0.05, 0.1) is 45.0 Å². The van der Waals surface area contributed by atoms with E-state index < -0.39 is 16.9 Å². The van der Waals surface area contributed by atoms with Gasteiger partial charge in [0.15, 0.2) is 4.80 Å². The number of ether oxygens (including phenoxy) is 2. The summed E-state index contributed by atoms with van der Waals surface area (Å²) in [5, 5.41) is 11.6. The number of carbonyl (C=O) groups excluding carboxylic acids is 1. The fraction of sp³-hybridized carbons (Fsp3) is 0.321. The first-order valence-electron chi connectivity index (χ1n) is 12.7. The van der Waals surface area contributed by atoms with Gasteiger partial charge in [0.2, 0.25) is 0 Å². The minimum Gasteiger partial charge on any atom is -0.496 e. The molecule has 0 unspecified atom stereocenters. The van der Waals surface area contributed by atoms with E-state index >= 15 is 0 Å². The highest BCUT2D eigenvalue weighted by molar-refractivity contribution is 9.10. The standard InChI is InChI=1S/C28H29BrN4O6S/c1-6-31(7-2)21-11-10-19(33(36)37)13-18(21)15-23-26(34)32-25(17-9-12-22(38-5)20(29)14-17)24(27(35)39-8-3)16(4)30-28(32)40-23/h9-15,25H,6-8H2,1-5H3/b23-15-/t25-/m0/s1. The number of methoxy groups -OCH3 is 1. The summed E-state index contributed by atoms with van der Waals surface area (Å²) >= 11 is 4.67. The van der Waals surface area contributed by atoms with E-state index in [1.807, 2.05) is 13.8 Å². The van der Waals surface area contributed by atoms with E-state index in [0.29, 0.717) is 49.5 Å². The van der Waals surface area contributed by atoms with Gasteiger partial charge in [-0.15, -0.1) is 0 Å². The Hall–Kier alpha value is -3.77. The molecule has 40 heavy (non-hydrogen) atoms. The van der Waals surface area contributed by atoms with Crippen LogP contribution in [0.3, 0.4) is 0 Å². The molecule has 0 spiro atoms. The number of hydrogen-bond donors (Lipinski definition) is 0. The molecule has 0 radical (unpaired) electrons. The lowest BCUT2D eigenvalue weighted by atomic mass is 9.96. The highest BCUT2D eigenvalue weighted by Gasteiger charge is 2.33. The van der Waals surface area contributed by atoms with Crippen LogP contribution < -0.4 is 24.5 Å². The van der Waals surface area contributed by atoms with Crippen molar-refractivity contribution in [3.8, 4) is 5.75 Å². The Morgan fingerprint density at radius 1 is 1.23 bits per heavy atom. The molecule has 1 aliphatic rings. The maximum Gasteiger partial charge on any atom is 0.338 e. The second-order valence-corrected chi connectivity index (χ2v) is 10.7. The molecular weight excluding hydrogens is 600 g/mol. The van der Waals surface area contributed by atoms with Crippen LogP contribution >= 0.6 is 27.3 Å². The van der Waals surface area contributed by atoms with Crippen LogP contribution in [0.5, 0.6) is 5.75 Å². The van der Waals surface area contributed by atoms with Crippen LogP contribution in [-0.2, 0) is 9.53 Å². The first kappa shape index (κ1) is 29.2. The van der Waals surface area contributed by atoms with Crippen LogP contribution in [0.1, 0.15) is 44.9 Å². The summed E-state index contributed by atoms with van der Waals surface area (Å²) in [6, 6.07) is 9.19. The number of hydrogen-bond acceptors (Lipinski definition) is 9. The maximum atomic E-state index is 14.0. The minimum absolute atomic E-state index is 0.0728. The van der Waals surface area contributed by atoms with Gasteiger partial charge >= 0.3 is 5.97 Å². The predicted octanol–water partition coefficient (Wildman–Crippen LogP) is 4.32. The Balaban J connectivity index is 2.00. The van der Waals surface area contributed by atoms with Crippen molar-refractivity contribution in [1.29, 1.82) is 0 Å². The molecule has 0 amide bonds. The van der Waals surface area contributed by atoms with Crippen molar-refractivity contribution < 1.29 is 19.2 Å². The lowest BCUT2D eigenvalue weighted by Crippen LogP contribution is -2.40. The third-order valence-corrected chi connectivity index (χ3v) is 8.22. The second-order valence-electron chi connectivity index (χ2n) is 8.87. The third-order valence-electron chi connectivity index (χ3n) is 6.62. The molecule has 1 aliphatic heterocycles. The molecule has 1 atom stereocenters. The van der Waals surface area contributed by atoms with Gasteiger partial charge in [0.1, 0.15) is 5.75 Å². The second kappa shape index (κ2) is 12.2. The van der Waals surface area contributed by atoms with Gasteiger partial charge in [-0.25, -0.2) is 9.79 Å². The van der Waals surface area contributed by atoms with E-state index in [4.69, 9.17) is 9.47 Å². The third kappa shape index (κ3) is 5.46. The highest BCUT2D eigenvalue weighted by atomic mass is 79.9. The summed E-state index contributed by atoms with van der Waals surface area (Å²) in [6.07, 6.45) is 1.66. The molecule has 3 aromatic rings. The Kier molecular flexibility index (Phi) is 8.89. The zero-order valence-electron chi connectivity index (χ0n) is 22.8. The average molecular weight is 630 g/mol. The number of anilines is 1. The van der Waals surface area contributed by atoms with Crippen molar-refractivity contribution in [2.24, 2.45) is 4.99 Å². The number of allylic oxidation sites excluding steroid dienone is 1. The van der Waals surface area contributed by atoms with Crippen LogP contribution in [-0.4, -0.2) is 42.3 Å². The molecule has 210 valence electrons. The Morgan fingerprint density at radius 3 is 2.55 bits per heavy atom. The quantitative estimate of drug-likeness (QED) is 0.197. The Labute approximate surface area is 243 Å². The molecule has 2 aromatic carbocycles. The first-order chi connectivity index (χ1) is 19.1. The number of nitro groups is 1. The highest BCUT2D eigenvalue weighted by Crippen LogP contribution is 2.35. The predicted molar refractivity (Wildman–Crippen MR) is 158 cm³/mol. The van der Waals surface area contributed by atoms with E-state index in [9.17, 15) is 19.7 Å². The summed E-state index contributed by atoms with van der Waals surface area (Å²) in [7, 11) is 1.55. The lowest BCUT2D eigenvalue weighted by Gasteiger charge is -2.25. The van der Waals surface area contributed by atoms with Crippen molar-refractivity contribution in [2.45, 2.75) is 33.7 Å². The molecule has 0 saturated carbocycles. The number of halogens is 1. The smallest absolute Gasteiger partial charge is 0.338 e. The molecule has 1 aromatic heterocycles. The largest absolute Gasteiger partial charge is 0.496 e. The van der Waals surface area contributed by atoms with E-state index in [2.05, 4.69) is 25.8 Å². The zero-order chi connectivity index (χ0) is 29.1. The number of nitro benzene ring substituents is 1. The van der Waals surface area contributed by atoms with Crippen LogP contribution in [0.15, 0.2) is 61.9 Å². The van der Waals surface area contributed by atoms with E-state index in [0.717, 1.165) is 17.0 Å². The lowest BCUT2D eigenvalue weighted by molar-refractivity contribution is -0.384. The molecule has 10 nitrogen and oxygen atoms in total. The van der Waals surface area contributed by atoms with E-state index in [1.54, 1.807) is 51.3 Å². The number of thiazole rings is 1. The number of aromatic nitrogens is 1. The van der Waals surface area contributed by atoms with E-state index in [-0.39, 0.29) is 23.4 Å². The summed E-state index contributed by atoms with van der Waals surface area (Å²) in [5.74, 6) is 0.0432. The minimum atomic E-state index is -0.799. The molecule has 2 heterocycles. The van der Waals surface area contributed by atoms with Crippen molar-refractivity contribution in [2.75, 3.05) is 31.7 Å². The van der Waals surface area contributed by atoms with Crippen molar-refractivity contribution in [3.05, 3.63) is 93.1 Å². The van der Waals surface area contributed by atoms with E-state index in [1.165, 1.54) is 16.7 Å². The van der Waals surface area contributed by atoms with Crippen molar-refractivity contribution >= 4 is 50.7 Å². The number of esters is 1. The molecule has 4 rings (SSSR count). The summed E-state index contributed by atoms with van der Waals surface area (Å²) in [5.41, 5.74) is 2.26. The van der Waals surface area contributed by atoms with Gasteiger partial charge in [-0.1, -0.05) is 17.4 Å². The van der Waals surface area contributed by atoms with Gasteiger partial charge in [0.25, 0.3) is 11.2 Å². The molecule has 0 fully saturated rings. The molecule has 0 aliphatic carbocycles. The maximum absolute atomic E-state index is 14.0. The number of benzene rings is 2. The van der Waals surface area contributed by atoms with Gasteiger partial charge in [-0.3, -0.25) is 19.5 Å². The molecular formula is C28H29BrN4O6S. The zero-order valence-corrected chi connectivity index (χ0v) is 25.2. The topological polar surface area (TPSA) is 116 Å². The summed E-state index contributed by atoms with van der Waals surface area (Å²) in [4.78, 5) is 45.3. The Bertz CT molecular complexity index is 1690. The first-order valence-corrected chi connectivity index (χ1v) is 14.3. The molecule has 0 bridgehead atoms. The normalized spacial score (nSPS) is 14.9. The van der Waals surface area contributed by atoms with Gasteiger partial charge in [-0.2, -0.15) is 0 Å². The molecule has 0 N–H and O–H groups in total. The van der Waals surface area contributed by atoms with Crippen molar-refractivity contribution in [1.82, 2.24) is 4.57 Å². The van der Waals surface area contributed by atoms with Crippen LogP contribution in [0.4, 0.5) is 11.4 Å². The SMILES string of the molecule is CCOC(=O)C1=C(C)N=c2s/c(=C\c3cc([N+](=O)[O-])ccc3N(CC)CC)c(=O)n2[C@H]1c1ccc(OC)c(Br)c1. The van der Waals surface area contributed by atoms with Gasteiger partial charge < -0.3 is 14.4 Å². The summed E-state index contributed by atoms with van der Waals surface area (Å²) in [6.45, 7) is 8.96. The van der Waals surface area contributed by atoms with Crippen LogP contribution in [0, 0.1) is 10.1 Å². The summed E-state index contributed by atoms with van der Waals surface area (Å²) < 4.78 is 13.2. The fourth-order valence-corrected chi connectivity index (χ4v) is 6.32. The van der Waals surface area contributed by atoms with Crippen LogP contribution in [0.2, 0.25) is 0 Å². The number of nitrogens with zero attached hydrogens (tertiary/aromatic N) is 4. The fourth-order valence-electron chi connectivity index (χ4n) is 4.72. The number of carbonyl (C=O) groups is 1. The molecule has 0 saturated heterocycles. The average Bonchev–Trinajstić information content (AvgIpc) is 3.23. The number of non-ortho nitro benzene ring substituents is 1. The van der Waals surface area contributed by atoms with Crippen molar-refractivity contribution in [3.63, 3.8) is 0 Å². The van der Waals surface area contributed by atoms with Gasteiger partial charge in [-0.05, 0) is 73.5 Å². The Morgan fingerprint density at radius 2 is 1.95 bits per heavy atom. The monoisotopic (exact) mass is 628 g/mol. The van der Waals surface area contributed by atoms with Gasteiger partial charge in [0, 0.05) is 36.5 Å².